The van der Waals surface area contributed by atoms with E-state index in [9.17, 15) is 0 Å². The van der Waals surface area contributed by atoms with E-state index in [1.807, 2.05) is 0 Å². The van der Waals surface area contributed by atoms with Crippen LogP contribution in [-0.4, -0.2) is 8.07 Å². The van der Waals surface area contributed by atoms with Gasteiger partial charge in [-0.2, -0.15) is 0 Å². The van der Waals surface area contributed by atoms with Crippen molar-refractivity contribution in [2.24, 2.45) is 5.92 Å². The topological polar surface area (TPSA) is 0 Å². The predicted molar refractivity (Wildman–Crippen MR) is 113 cm³/mol. The monoisotopic (exact) mass is 346 g/mol. The number of hydrogen-bond acceptors (Lipinski definition) is 0. The van der Waals surface area contributed by atoms with Crippen molar-refractivity contribution in [3.63, 3.8) is 0 Å². The molecule has 2 aromatic rings. The lowest BCUT2D eigenvalue weighted by molar-refractivity contribution is 0.850. The summed E-state index contributed by atoms with van der Waals surface area (Å²) in [6, 6.07) is 18.6. The molecular formula is C24H30Si. The summed E-state index contributed by atoms with van der Waals surface area (Å²) in [5, 5.41) is 4.73. The molecule has 0 spiro atoms. The Morgan fingerprint density at radius 3 is 1.36 bits per heavy atom. The molecule has 0 N–H and O–H groups in total. The van der Waals surface area contributed by atoms with Crippen LogP contribution >= 0.6 is 0 Å². The van der Waals surface area contributed by atoms with E-state index in [2.05, 4.69) is 96.6 Å². The summed E-state index contributed by atoms with van der Waals surface area (Å²) in [6.45, 7) is 16.2. The molecule has 3 rings (SSSR count). The van der Waals surface area contributed by atoms with Crippen LogP contribution in [0.4, 0.5) is 0 Å². The normalized spacial score (nSPS) is 18.3. The highest BCUT2D eigenvalue weighted by molar-refractivity contribution is 7.06. The Bertz CT molecular complexity index is 802. The quantitative estimate of drug-likeness (QED) is 0.658. The molecule has 0 bridgehead atoms. The molecule has 1 aliphatic carbocycles. The molecule has 130 valence electrons. The van der Waals surface area contributed by atoms with Crippen LogP contribution in [0.3, 0.4) is 0 Å². The Balaban J connectivity index is 2.27. The maximum atomic E-state index is 2.55. The van der Waals surface area contributed by atoms with Gasteiger partial charge >= 0.3 is 0 Å². The Kier molecular flexibility index (Phi) is 4.63. The van der Waals surface area contributed by atoms with Gasteiger partial charge in [0.2, 0.25) is 0 Å². The zero-order chi connectivity index (χ0) is 18.4. The number of aryl methyl sites for hydroxylation is 2. The Morgan fingerprint density at radius 1 is 0.640 bits per heavy atom. The van der Waals surface area contributed by atoms with Crippen LogP contribution < -0.4 is 10.4 Å². The SMILES string of the molecule is CC1=C(C)C(C)C([Si](C)(c2ccc(C)cc2)c2ccc(C)cc2)=C1C. The molecule has 0 amide bonds. The molecule has 1 unspecified atom stereocenters. The highest BCUT2D eigenvalue weighted by Crippen LogP contribution is 2.41. The lowest BCUT2D eigenvalue weighted by atomic mass is 10.1. The molecule has 2 aromatic carbocycles. The van der Waals surface area contributed by atoms with Gasteiger partial charge in [-0.05, 0) is 56.5 Å². The van der Waals surface area contributed by atoms with Crippen LogP contribution in [0.15, 0.2) is 70.4 Å². The first-order chi connectivity index (χ1) is 11.8. The van der Waals surface area contributed by atoms with Crippen LogP contribution in [0.5, 0.6) is 0 Å². The summed E-state index contributed by atoms with van der Waals surface area (Å²) in [5.74, 6) is 0.541. The van der Waals surface area contributed by atoms with E-state index in [-0.39, 0.29) is 0 Å². The standard InChI is InChI=1S/C24H30Si/c1-16-8-12-22(13-9-16)25(7,23-14-10-17(2)11-15-23)24-20(5)18(3)19(4)21(24)6/h8-15,20H,1-7H3. The smallest absolute Gasteiger partial charge is 0.0636 e. The molecule has 1 aliphatic rings. The van der Waals surface area contributed by atoms with E-state index >= 15 is 0 Å². The molecule has 0 aliphatic heterocycles. The van der Waals surface area contributed by atoms with Gasteiger partial charge in [-0.3, -0.25) is 0 Å². The van der Waals surface area contributed by atoms with E-state index in [0.29, 0.717) is 5.92 Å². The van der Waals surface area contributed by atoms with E-state index in [1.54, 1.807) is 10.8 Å². The molecule has 0 saturated heterocycles. The average molecular weight is 347 g/mol. The van der Waals surface area contributed by atoms with Crippen molar-refractivity contribution >= 4 is 18.4 Å². The fourth-order valence-electron chi connectivity index (χ4n) is 4.42. The van der Waals surface area contributed by atoms with Crippen molar-refractivity contribution in [2.75, 3.05) is 0 Å². The average Bonchev–Trinajstić information content (AvgIpc) is 2.79. The minimum atomic E-state index is -1.99. The Labute approximate surface area is 154 Å². The maximum Gasteiger partial charge on any atom is 0.142 e. The molecule has 0 saturated carbocycles. The van der Waals surface area contributed by atoms with Crippen LogP contribution in [0.25, 0.3) is 0 Å². The summed E-state index contributed by atoms with van der Waals surface area (Å²) in [6.07, 6.45) is 0. The number of benzene rings is 2. The van der Waals surface area contributed by atoms with Crippen LogP contribution in [0.2, 0.25) is 6.55 Å². The van der Waals surface area contributed by atoms with Gasteiger partial charge in [0, 0.05) is 0 Å². The van der Waals surface area contributed by atoms with Gasteiger partial charge in [0.1, 0.15) is 8.07 Å². The number of rotatable bonds is 3. The van der Waals surface area contributed by atoms with E-state index < -0.39 is 8.07 Å². The van der Waals surface area contributed by atoms with E-state index in [1.165, 1.54) is 32.6 Å². The number of hydrogen-bond donors (Lipinski definition) is 0. The summed E-state index contributed by atoms with van der Waals surface area (Å²) >= 11 is 0. The van der Waals surface area contributed by atoms with Gasteiger partial charge in [-0.15, -0.1) is 0 Å². The molecule has 1 atom stereocenters. The summed E-state index contributed by atoms with van der Waals surface area (Å²) in [7, 11) is -1.99. The molecule has 0 radical (unpaired) electrons. The maximum absolute atomic E-state index is 2.55. The molecule has 0 aromatic heterocycles. The Morgan fingerprint density at radius 2 is 1.04 bits per heavy atom. The minimum Gasteiger partial charge on any atom is -0.0636 e. The van der Waals surface area contributed by atoms with Crippen LogP contribution in [-0.2, 0) is 0 Å². The Hall–Kier alpha value is -1.86. The van der Waals surface area contributed by atoms with Gasteiger partial charge in [0.25, 0.3) is 0 Å². The highest BCUT2D eigenvalue weighted by Gasteiger charge is 2.42. The first-order valence-corrected chi connectivity index (χ1v) is 11.8. The van der Waals surface area contributed by atoms with Crippen molar-refractivity contribution in [2.45, 2.75) is 48.1 Å². The van der Waals surface area contributed by atoms with Crippen molar-refractivity contribution in [3.05, 3.63) is 81.6 Å². The molecule has 0 fully saturated rings. The molecule has 0 nitrogen and oxygen atoms in total. The first-order valence-electron chi connectivity index (χ1n) is 9.30. The lowest BCUT2D eigenvalue weighted by Gasteiger charge is -2.34. The minimum absolute atomic E-state index is 0.541. The predicted octanol–water partition coefficient (Wildman–Crippen LogP) is 5.34. The van der Waals surface area contributed by atoms with Crippen LogP contribution in [0.1, 0.15) is 38.8 Å². The van der Waals surface area contributed by atoms with Crippen LogP contribution in [0, 0.1) is 19.8 Å². The summed E-state index contributed by atoms with van der Waals surface area (Å²) < 4.78 is 0. The molecular weight excluding hydrogens is 316 g/mol. The second kappa shape index (κ2) is 6.46. The summed E-state index contributed by atoms with van der Waals surface area (Å²) in [5.41, 5.74) is 7.24. The fraction of sp³-hybridized carbons (Fsp3) is 0.333. The van der Waals surface area contributed by atoms with Crippen molar-refractivity contribution < 1.29 is 0 Å². The third kappa shape index (κ3) is 2.85. The van der Waals surface area contributed by atoms with Gasteiger partial charge in [0.05, 0.1) is 0 Å². The third-order valence-electron chi connectivity index (χ3n) is 6.44. The van der Waals surface area contributed by atoms with Crippen molar-refractivity contribution in [3.8, 4) is 0 Å². The fourth-order valence-corrected chi connectivity index (χ4v) is 9.07. The molecule has 25 heavy (non-hydrogen) atoms. The van der Waals surface area contributed by atoms with E-state index in [0.717, 1.165) is 0 Å². The van der Waals surface area contributed by atoms with Gasteiger partial charge in [0.15, 0.2) is 0 Å². The van der Waals surface area contributed by atoms with E-state index in [4.69, 9.17) is 0 Å². The number of allylic oxidation sites excluding steroid dienone is 4. The van der Waals surface area contributed by atoms with Crippen molar-refractivity contribution in [1.82, 2.24) is 0 Å². The zero-order valence-corrected chi connectivity index (χ0v) is 17.7. The molecule has 0 heterocycles. The van der Waals surface area contributed by atoms with Gasteiger partial charge in [-0.25, -0.2) is 0 Å². The second-order valence-electron chi connectivity index (χ2n) is 7.93. The zero-order valence-electron chi connectivity index (χ0n) is 16.7. The van der Waals surface area contributed by atoms with Gasteiger partial charge < -0.3 is 0 Å². The third-order valence-corrected chi connectivity index (χ3v) is 11.3. The lowest BCUT2D eigenvalue weighted by Crippen LogP contribution is -2.58. The highest BCUT2D eigenvalue weighted by atomic mass is 28.3. The second-order valence-corrected chi connectivity index (χ2v) is 11.9. The largest absolute Gasteiger partial charge is 0.142 e. The first kappa shape index (κ1) is 17.9. The molecule has 1 heteroatoms. The van der Waals surface area contributed by atoms with Gasteiger partial charge in [-0.1, -0.05) is 89.5 Å². The summed E-state index contributed by atoms with van der Waals surface area (Å²) in [4.78, 5) is 0. The van der Waals surface area contributed by atoms with Crippen molar-refractivity contribution in [1.29, 1.82) is 0 Å².